The summed E-state index contributed by atoms with van der Waals surface area (Å²) in [7, 11) is 1.44. The Hall–Kier alpha value is -3.59. The van der Waals surface area contributed by atoms with E-state index in [0.29, 0.717) is 23.1 Å². The molecule has 0 aliphatic rings. The Morgan fingerprint density at radius 2 is 1.74 bits per heavy atom. The van der Waals surface area contributed by atoms with Crippen LogP contribution in [0, 0.1) is 13.8 Å². The predicted octanol–water partition coefficient (Wildman–Crippen LogP) is 5.08. The highest BCUT2D eigenvalue weighted by atomic mass is 35.5. The Labute approximate surface area is 210 Å². The van der Waals surface area contributed by atoms with Gasteiger partial charge in [-0.2, -0.15) is 0 Å². The molecule has 0 fully saturated rings. The molecular formula is C26H30ClN5O3. The van der Waals surface area contributed by atoms with Crippen molar-refractivity contribution in [1.82, 2.24) is 5.01 Å². The molecule has 4 N–H and O–H groups in total. The zero-order valence-corrected chi connectivity index (χ0v) is 21.0. The van der Waals surface area contributed by atoms with Crippen LogP contribution in [0.15, 0.2) is 65.8 Å². The van der Waals surface area contributed by atoms with Gasteiger partial charge in [-0.05, 0) is 79.4 Å². The quantitative estimate of drug-likeness (QED) is 0.196. The first-order valence-electron chi connectivity index (χ1n) is 11.0. The fraction of sp³-hybridized carbons (Fsp3) is 0.231. The number of rotatable bonds is 8. The van der Waals surface area contributed by atoms with Gasteiger partial charge in [0.15, 0.2) is 0 Å². The molecule has 0 spiro atoms. The van der Waals surface area contributed by atoms with Gasteiger partial charge in [-0.15, -0.1) is 0 Å². The number of oxime groups is 1. The highest BCUT2D eigenvalue weighted by Gasteiger charge is 2.19. The normalized spacial score (nSPS) is 11.2. The van der Waals surface area contributed by atoms with Gasteiger partial charge >= 0.3 is 6.03 Å². The van der Waals surface area contributed by atoms with Crippen LogP contribution >= 0.6 is 11.6 Å². The standard InChI is InChI=1S/C26H30ClN5O3/c1-17-7-5-10-24(32(29)26(33)31(4)28)23(17)16-34-25-12-11-21(13-18(25)2)19(3)30-35-15-20-8-6-9-22(27)14-20/h5-14H,15-16,28-29H2,1-4H3. The zero-order chi connectivity index (χ0) is 25.5. The van der Waals surface area contributed by atoms with Crippen LogP contribution in [-0.2, 0) is 18.1 Å². The van der Waals surface area contributed by atoms with E-state index in [1.54, 1.807) is 6.07 Å². The number of urea groups is 1. The molecule has 3 aromatic rings. The second kappa shape index (κ2) is 11.7. The fourth-order valence-electron chi connectivity index (χ4n) is 3.44. The average Bonchev–Trinajstić information content (AvgIpc) is 2.82. The number of halogens is 1. The third kappa shape index (κ3) is 6.73. The van der Waals surface area contributed by atoms with Crippen molar-refractivity contribution in [2.24, 2.45) is 16.8 Å². The van der Waals surface area contributed by atoms with E-state index < -0.39 is 6.03 Å². The maximum atomic E-state index is 12.2. The Kier molecular flexibility index (Phi) is 8.70. The van der Waals surface area contributed by atoms with E-state index in [1.807, 2.05) is 75.4 Å². The van der Waals surface area contributed by atoms with E-state index in [1.165, 1.54) is 7.05 Å². The molecule has 35 heavy (non-hydrogen) atoms. The van der Waals surface area contributed by atoms with Gasteiger partial charge in [0, 0.05) is 17.6 Å². The number of hydrogen-bond acceptors (Lipinski definition) is 6. The highest BCUT2D eigenvalue weighted by molar-refractivity contribution is 6.30. The van der Waals surface area contributed by atoms with Crippen LogP contribution in [0.25, 0.3) is 0 Å². The maximum absolute atomic E-state index is 12.2. The molecule has 184 valence electrons. The third-order valence-electron chi connectivity index (χ3n) is 5.44. The number of carbonyl (C=O) groups is 1. The Morgan fingerprint density at radius 3 is 2.43 bits per heavy atom. The number of amides is 2. The summed E-state index contributed by atoms with van der Waals surface area (Å²) in [6.45, 7) is 6.34. The summed E-state index contributed by atoms with van der Waals surface area (Å²) >= 11 is 6.00. The molecule has 0 radical (unpaired) electrons. The monoisotopic (exact) mass is 495 g/mol. The van der Waals surface area contributed by atoms with E-state index in [-0.39, 0.29) is 6.61 Å². The summed E-state index contributed by atoms with van der Waals surface area (Å²) in [5.74, 6) is 12.3. The van der Waals surface area contributed by atoms with Crippen molar-refractivity contribution in [3.8, 4) is 5.75 Å². The van der Waals surface area contributed by atoms with Gasteiger partial charge < -0.3 is 9.57 Å². The van der Waals surface area contributed by atoms with Crippen LogP contribution in [0.5, 0.6) is 5.75 Å². The molecule has 0 atom stereocenters. The maximum Gasteiger partial charge on any atom is 0.352 e. The minimum atomic E-state index is -0.537. The first kappa shape index (κ1) is 26.0. The Morgan fingerprint density at radius 1 is 1.00 bits per heavy atom. The molecule has 9 heteroatoms. The van der Waals surface area contributed by atoms with Gasteiger partial charge in [-0.1, -0.05) is 41.0 Å². The number of benzene rings is 3. The summed E-state index contributed by atoms with van der Waals surface area (Å²) in [6.07, 6.45) is 0. The molecule has 3 rings (SSSR count). The molecule has 8 nitrogen and oxygen atoms in total. The molecule has 0 bridgehead atoms. The molecule has 0 aliphatic carbocycles. The van der Waals surface area contributed by atoms with Crippen LogP contribution < -0.4 is 21.4 Å². The smallest absolute Gasteiger partial charge is 0.352 e. The van der Waals surface area contributed by atoms with Crippen LogP contribution in [0.2, 0.25) is 5.02 Å². The predicted molar refractivity (Wildman–Crippen MR) is 139 cm³/mol. The van der Waals surface area contributed by atoms with Gasteiger partial charge in [-0.3, -0.25) is 5.01 Å². The van der Waals surface area contributed by atoms with E-state index in [9.17, 15) is 4.79 Å². The zero-order valence-electron chi connectivity index (χ0n) is 20.3. The first-order valence-corrected chi connectivity index (χ1v) is 11.4. The van der Waals surface area contributed by atoms with E-state index in [0.717, 1.165) is 43.5 Å². The molecule has 0 aliphatic heterocycles. The lowest BCUT2D eigenvalue weighted by Crippen LogP contribution is -2.49. The van der Waals surface area contributed by atoms with Crippen molar-refractivity contribution in [3.05, 3.63) is 93.5 Å². The van der Waals surface area contributed by atoms with Crippen LogP contribution in [0.4, 0.5) is 10.5 Å². The van der Waals surface area contributed by atoms with Crippen molar-refractivity contribution in [1.29, 1.82) is 0 Å². The van der Waals surface area contributed by atoms with Crippen molar-refractivity contribution in [3.63, 3.8) is 0 Å². The largest absolute Gasteiger partial charge is 0.489 e. The van der Waals surface area contributed by atoms with E-state index >= 15 is 0 Å². The Bertz CT molecular complexity index is 1230. The molecular weight excluding hydrogens is 466 g/mol. The second-order valence-electron chi connectivity index (χ2n) is 8.19. The lowest BCUT2D eigenvalue weighted by atomic mass is 10.1. The van der Waals surface area contributed by atoms with E-state index in [2.05, 4.69) is 5.16 Å². The van der Waals surface area contributed by atoms with Crippen LogP contribution in [-0.4, -0.2) is 23.8 Å². The number of nitrogens with two attached hydrogens (primary N) is 2. The third-order valence-corrected chi connectivity index (χ3v) is 5.67. The van der Waals surface area contributed by atoms with Gasteiger partial charge in [0.05, 0.1) is 11.4 Å². The summed E-state index contributed by atoms with van der Waals surface area (Å²) in [5.41, 5.74) is 5.81. The lowest BCUT2D eigenvalue weighted by Gasteiger charge is -2.24. The number of anilines is 1. The number of aryl methyl sites for hydroxylation is 2. The van der Waals surface area contributed by atoms with Crippen molar-refractivity contribution < 1.29 is 14.4 Å². The summed E-state index contributed by atoms with van der Waals surface area (Å²) in [4.78, 5) is 17.7. The Balaban J connectivity index is 1.69. The molecule has 0 aromatic heterocycles. The summed E-state index contributed by atoms with van der Waals surface area (Å²) in [6, 6.07) is 18.2. The number of carbonyl (C=O) groups excluding carboxylic acids is 1. The van der Waals surface area contributed by atoms with Crippen molar-refractivity contribution in [2.45, 2.75) is 34.0 Å². The molecule has 2 amide bonds. The van der Waals surface area contributed by atoms with Gasteiger partial charge in [0.2, 0.25) is 0 Å². The van der Waals surface area contributed by atoms with Crippen LogP contribution in [0.3, 0.4) is 0 Å². The molecule has 0 saturated carbocycles. The van der Waals surface area contributed by atoms with Crippen molar-refractivity contribution in [2.75, 3.05) is 12.1 Å². The number of hydrazine groups is 2. The topological polar surface area (TPSA) is 106 Å². The van der Waals surface area contributed by atoms with Crippen LogP contribution in [0.1, 0.15) is 34.7 Å². The first-order chi connectivity index (χ1) is 16.7. The van der Waals surface area contributed by atoms with Gasteiger partial charge in [0.25, 0.3) is 0 Å². The summed E-state index contributed by atoms with van der Waals surface area (Å²) < 4.78 is 6.10. The molecule has 3 aromatic carbocycles. The minimum absolute atomic E-state index is 0.229. The number of ether oxygens (including phenoxy) is 1. The number of hydrogen-bond donors (Lipinski definition) is 2. The van der Waals surface area contributed by atoms with E-state index in [4.69, 9.17) is 32.9 Å². The molecule has 0 heterocycles. The van der Waals surface area contributed by atoms with Crippen molar-refractivity contribution >= 4 is 29.0 Å². The fourth-order valence-corrected chi connectivity index (χ4v) is 3.66. The second-order valence-corrected chi connectivity index (χ2v) is 8.62. The average molecular weight is 496 g/mol. The minimum Gasteiger partial charge on any atom is -0.489 e. The van der Waals surface area contributed by atoms with Gasteiger partial charge in [0.1, 0.15) is 19.0 Å². The lowest BCUT2D eigenvalue weighted by molar-refractivity contribution is 0.130. The summed E-state index contributed by atoms with van der Waals surface area (Å²) in [5, 5.41) is 6.83. The van der Waals surface area contributed by atoms with Gasteiger partial charge in [-0.25, -0.2) is 21.5 Å². The number of nitrogens with zero attached hydrogens (tertiary/aromatic N) is 3. The molecule has 0 saturated heterocycles. The SMILES string of the molecule is CC(=NOCc1cccc(Cl)c1)c1ccc(OCc2c(C)cccc2N(N)C(=O)N(C)N)c(C)c1. The highest BCUT2D eigenvalue weighted by Crippen LogP contribution is 2.26. The molecule has 0 unspecified atom stereocenters.